The minimum Gasteiger partial charge on any atom is -0.507 e. The maximum absolute atomic E-state index is 13.5. The molecule has 4 aromatic rings. The molecule has 0 saturated carbocycles. The molecule has 1 heterocycles. The molecule has 1 atom stereocenters. The minimum absolute atomic E-state index is 0.00174. The van der Waals surface area contributed by atoms with Gasteiger partial charge in [-0.2, -0.15) is 0 Å². The molecule has 1 N–H and O–H groups in total. The van der Waals surface area contributed by atoms with Crippen LogP contribution < -0.4 is 4.90 Å². The van der Waals surface area contributed by atoms with Crippen molar-refractivity contribution in [1.82, 2.24) is 0 Å². The van der Waals surface area contributed by atoms with Crippen molar-refractivity contribution in [2.75, 3.05) is 4.90 Å². The van der Waals surface area contributed by atoms with Crippen LogP contribution in [-0.2, 0) is 9.59 Å². The lowest BCUT2D eigenvalue weighted by Crippen LogP contribution is -2.29. The van der Waals surface area contributed by atoms with Crippen molar-refractivity contribution >= 4 is 33.9 Å². The minimum atomic E-state index is -0.847. The molecule has 0 bridgehead atoms. The Morgan fingerprint density at radius 3 is 2.19 bits per heavy atom. The molecule has 1 fully saturated rings. The summed E-state index contributed by atoms with van der Waals surface area (Å²) in [5.41, 5.74) is 1.51. The predicted octanol–water partition coefficient (Wildman–Crippen LogP) is 5.61. The van der Waals surface area contributed by atoms with E-state index in [0.717, 1.165) is 10.8 Å². The summed E-state index contributed by atoms with van der Waals surface area (Å²) >= 11 is 0. The number of fused-ring (bicyclic) bond motifs is 1. The normalized spacial score (nSPS) is 17.8. The van der Waals surface area contributed by atoms with Gasteiger partial charge in [0.2, 0.25) is 0 Å². The zero-order valence-corrected chi connectivity index (χ0v) is 16.9. The van der Waals surface area contributed by atoms with Crippen molar-refractivity contribution < 1.29 is 19.1 Å². The number of halogens is 1. The lowest BCUT2D eigenvalue weighted by Gasteiger charge is -2.25. The molecule has 32 heavy (non-hydrogen) atoms. The van der Waals surface area contributed by atoms with Crippen LogP contribution in [0.2, 0.25) is 0 Å². The first-order chi connectivity index (χ1) is 15.6. The number of ketones is 1. The lowest BCUT2D eigenvalue weighted by molar-refractivity contribution is -0.132. The van der Waals surface area contributed by atoms with Crippen LogP contribution in [0.1, 0.15) is 17.2 Å². The number of carbonyl (C=O) groups excluding carboxylic acids is 2. The molecule has 5 rings (SSSR count). The maximum atomic E-state index is 13.5. The molecule has 1 aliphatic rings. The van der Waals surface area contributed by atoms with Gasteiger partial charge in [0.1, 0.15) is 11.6 Å². The number of aliphatic hydroxyl groups is 1. The smallest absolute Gasteiger partial charge is 0.300 e. The van der Waals surface area contributed by atoms with Crippen LogP contribution in [0.3, 0.4) is 0 Å². The highest BCUT2D eigenvalue weighted by molar-refractivity contribution is 6.51. The van der Waals surface area contributed by atoms with Gasteiger partial charge in [-0.25, -0.2) is 4.39 Å². The van der Waals surface area contributed by atoms with Crippen molar-refractivity contribution in [3.8, 4) is 0 Å². The topological polar surface area (TPSA) is 57.6 Å². The van der Waals surface area contributed by atoms with E-state index in [-0.39, 0.29) is 11.3 Å². The van der Waals surface area contributed by atoms with Crippen LogP contribution in [0.4, 0.5) is 10.1 Å². The van der Waals surface area contributed by atoms with Crippen LogP contribution in [0.25, 0.3) is 16.5 Å². The number of anilines is 1. The first-order valence-electron chi connectivity index (χ1n) is 10.2. The van der Waals surface area contributed by atoms with Gasteiger partial charge in [-0.3, -0.25) is 14.5 Å². The van der Waals surface area contributed by atoms with E-state index in [4.69, 9.17) is 0 Å². The number of hydrogen-bond donors (Lipinski definition) is 1. The Labute approximate surface area is 183 Å². The van der Waals surface area contributed by atoms with Gasteiger partial charge in [-0.05, 0) is 40.6 Å². The number of rotatable bonds is 3. The van der Waals surface area contributed by atoms with E-state index in [1.807, 2.05) is 36.4 Å². The first-order valence-corrected chi connectivity index (χ1v) is 10.2. The SMILES string of the molecule is O=C1C(=O)N(c2ccc(F)cc2)C(c2ccccc2)/C1=C(/O)c1cccc2ccccc12. The van der Waals surface area contributed by atoms with E-state index in [1.165, 1.54) is 29.2 Å². The van der Waals surface area contributed by atoms with Crippen LogP contribution in [0.15, 0.2) is 103 Å². The summed E-state index contributed by atoms with van der Waals surface area (Å²) in [6, 6.07) is 26.5. The summed E-state index contributed by atoms with van der Waals surface area (Å²) in [5, 5.41) is 13.0. The highest BCUT2D eigenvalue weighted by atomic mass is 19.1. The van der Waals surface area contributed by atoms with Crippen molar-refractivity contribution in [3.05, 3.63) is 120 Å². The lowest BCUT2D eigenvalue weighted by atomic mass is 9.93. The van der Waals surface area contributed by atoms with Gasteiger partial charge >= 0.3 is 0 Å². The van der Waals surface area contributed by atoms with Gasteiger partial charge < -0.3 is 5.11 Å². The van der Waals surface area contributed by atoms with E-state index in [2.05, 4.69) is 0 Å². The Morgan fingerprint density at radius 2 is 1.44 bits per heavy atom. The average molecular weight is 423 g/mol. The van der Waals surface area contributed by atoms with Crippen LogP contribution in [0.5, 0.6) is 0 Å². The third kappa shape index (κ3) is 3.15. The number of benzene rings is 4. The van der Waals surface area contributed by atoms with Gasteiger partial charge in [0, 0.05) is 11.3 Å². The van der Waals surface area contributed by atoms with Gasteiger partial charge in [0.25, 0.3) is 11.7 Å². The second-order valence-corrected chi connectivity index (χ2v) is 7.58. The molecule has 1 saturated heterocycles. The number of nitrogens with zero attached hydrogens (tertiary/aromatic N) is 1. The third-order valence-corrected chi connectivity index (χ3v) is 5.71. The summed E-state index contributed by atoms with van der Waals surface area (Å²) < 4.78 is 13.5. The van der Waals surface area contributed by atoms with Crippen molar-refractivity contribution in [2.24, 2.45) is 0 Å². The molecule has 1 amide bonds. The highest BCUT2D eigenvalue weighted by Gasteiger charge is 2.47. The molecule has 5 heteroatoms. The predicted molar refractivity (Wildman–Crippen MR) is 122 cm³/mol. The highest BCUT2D eigenvalue weighted by Crippen LogP contribution is 2.42. The van der Waals surface area contributed by atoms with E-state index < -0.39 is 23.5 Å². The van der Waals surface area contributed by atoms with E-state index in [1.54, 1.807) is 36.4 Å². The van der Waals surface area contributed by atoms with Crippen molar-refractivity contribution in [1.29, 1.82) is 0 Å². The molecule has 0 radical (unpaired) electrons. The Hall–Kier alpha value is -4.25. The van der Waals surface area contributed by atoms with Crippen molar-refractivity contribution in [3.63, 3.8) is 0 Å². The Morgan fingerprint density at radius 1 is 0.781 bits per heavy atom. The molecule has 4 aromatic carbocycles. The van der Waals surface area contributed by atoms with Gasteiger partial charge in [-0.15, -0.1) is 0 Å². The Kier molecular flexibility index (Phi) is 4.79. The molecule has 1 aliphatic heterocycles. The Balaban J connectivity index is 1.77. The summed E-state index contributed by atoms with van der Waals surface area (Å²) in [6.45, 7) is 0. The number of amides is 1. The molecule has 4 nitrogen and oxygen atoms in total. The number of Topliss-reactive ketones (excluding diaryl/α,β-unsaturated/α-hetero) is 1. The standard InChI is InChI=1S/C27H18FNO3/c28-19-13-15-20(16-14-19)29-24(18-8-2-1-3-9-18)23(26(31)27(29)32)25(30)22-12-6-10-17-7-4-5-11-21(17)22/h1-16,24,30H/b25-23-. The van der Waals surface area contributed by atoms with E-state index in [9.17, 15) is 19.1 Å². The fourth-order valence-corrected chi connectivity index (χ4v) is 4.23. The van der Waals surface area contributed by atoms with Crippen molar-refractivity contribution in [2.45, 2.75) is 6.04 Å². The summed E-state index contributed by atoms with van der Waals surface area (Å²) in [5.74, 6) is -2.24. The second kappa shape index (κ2) is 7.78. The largest absolute Gasteiger partial charge is 0.507 e. The number of hydrogen-bond acceptors (Lipinski definition) is 3. The van der Waals surface area contributed by atoms with Crippen LogP contribution >= 0.6 is 0 Å². The molecule has 0 aromatic heterocycles. The van der Waals surface area contributed by atoms with Crippen LogP contribution in [0, 0.1) is 5.82 Å². The van der Waals surface area contributed by atoms with E-state index >= 15 is 0 Å². The second-order valence-electron chi connectivity index (χ2n) is 7.58. The zero-order valence-electron chi connectivity index (χ0n) is 16.9. The molecular formula is C27H18FNO3. The Bertz CT molecular complexity index is 1370. The van der Waals surface area contributed by atoms with Gasteiger partial charge in [0.15, 0.2) is 0 Å². The molecular weight excluding hydrogens is 405 g/mol. The fourth-order valence-electron chi connectivity index (χ4n) is 4.23. The zero-order chi connectivity index (χ0) is 22.2. The first kappa shape index (κ1) is 19.7. The fraction of sp³-hybridized carbons (Fsp3) is 0.0370. The summed E-state index contributed by atoms with van der Waals surface area (Å²) in [4.78, 5) is 27.6. The monoisotopic (exact) mass is 423 g/mol. The maximum Gasteiger partial charge on any atom is 0.300 e. The molecule has 1 unspecified atom stereocenters. The third-order valence-electron chi connectivity index (χ3n) is 5.71. The molecule has 0 aliphatic carbocycles. The number of aliphatic hydroxyl groups excluding tert-OH is 1. The molecule has 0 spiro atoms. The average Bonchev–Trinajstić information content (AvgIpc) is 3.10. The summed E-state index contributed by atoms with van der Waals surface area (Å²) in [6.07, 6.45) is 0. The van der Waals surface area contributed by atoms with Crippen LogP contribution in [-0.4, -0.2) is 16.8 Å². The van der Waals surface area contributed by atoms with Gasteiger partial charge in [0.05, 0.1) is 11.6 Å². The molecule has 156 valence electrons. The summed E-state index contributed by atoms with van der Waals surface area (Å²) in [7, 11) is 0. The van der Waals surface area contributed by atoms with E-state index in [0.29, 0.717) is 16.8 Å². The van der Waals surface area contributed by atoms with Gasteiger partial charge in [-0.1, -0.05) is 72.8 Å². The quantitative estimate of drug-likeness (QED) is 0.265. The number of carbonyl (C=O) groups is 2.